The summed E-state index contributed by atoms with van der Waals surface area (Å²) in [6.45, 7) is 2.08. The first-order chi connectivity index (χ1) is 15.3. The summed E-state index contributed by atoms with van der Waals surface area (Å²) in [4.78, 5) is 39.0. The van der Waals surface area contributed by atoms with Gasteiger partial charge in [0.05, 0.1) is 23.8 Å². The Morgan fingerprint density at radius 2 is 1.81 bits per heavy atom. The number of hydrogen-bond donors (Lipinski definition) is 2. The highest BCUT2D eigenvalue weighted by Crippen LogP contribution is 2.31. The Morgan fingerprint density at radius 1 is 1.12 bits per heavy atom. The van der Waals surface area contributed by atoms with Crippen molar-refractivity contribution in [3.63, 3.8) is 0 Å². The van der Waals surface area contributed by atoms with Crippen LogP contribution in [0.5, 0.6) is 0 Å². The van der Waals surface area contributed by atoms with Crippen molar-refractivity contribution in [1.82, 2.24) is 10.2 Å². The molecule has 0 aliphatic carbocycles. The standard InChI is InChI=1S/C23H24BrN3O5/c1-14-19(22(29)32-13-12-31-3)20(26-23(30)27(14)2)15-8-10-16(11-9-15)25-21(28)17-6-4-5-7-18(17)24/h4-11,20H,12-13H2,1-3H3,(H,25,28)(H,26,30). The molecule has 0 aromatic heterocycles. The number of anilines is 1. The average Bonchev–Trinajstić information content (AvgIpc) is 2.78. The smallest absolute Gasteiger partial charge is 0.338 e. The number of nitrogens with one attached hydrogen (secondary N) is 2. The fourth-order valence-electron chi connectivity index (χ4n) is 3.25. The highest BCUT2D eigenvalue weighted by molar-refractivity contribution is 9.10. The molecule has 1 unspecified atom stereocenters. The molecule has 1 atom stereocenters. The first-order valence-corrected chi connectivity index (χ1v) is 10.7. The predicted molar refractivity (Wildman–Crippen MR) is 123 cm³/mol. The zero-order chi connectivity index (χ0) is 23.3. The first-order valence-electron chi connectivity index (χ1n) is 9.90. The minimum absolute atomic E-state index is 0.108. The van der Waals surface area contributed by atoms with E-state index in [1.807, 2.05) is 6.07 Å². The van der Waals surface area contributed by atoms with E-state index < -0.39 is 12.0 Å². The second kappa shape index (κ2) is 10.4. The third-order valence-corrected chi connectivity index (χ3v) is 5.81. The third kappa shape index (κ3) is 5.17. The zero-order valence-corrected chi connectivity index (χ0v) is 19.6. The number of carbonyl (C=O) groups is 3. The maximum absolute atomic E-state index is 12.7. The fraction of sp³-hybridized carbons (Fsp3) is 0.261. The lowest BCUT2D eigenvalue weighted by molar-refractivity contribution is -0.140. The lowest BCUT2D eigenvalue weighted by Crippen LogP contribution is -2.46. The van der Waals surface area contributed by atoms with Crippen LogP contribution in [0.25, 0.3) is 0 Å². The average molecular weight is 502 g/mol. The number of allylic oxidation sites excluding steroid dienone is 1. The lowest BCUT2D eigenvalue weighted by Gasteiger charge is -2.33. The van der Waals surface area contributed by atoms with Crippen LogP contribution in [-0.4, -0.2) is 50.2 Å². The van der Waals surface area contributed by atoms with Crippen molar-refractivity contribution in [2.24, 2.45) is 0 Å². The molecule has 0 saturated heterocycles. The molecule has 2 aromatic rings. The van der Waals surface area contributed by atoms with Gasteiger partial charge in [0.15, 0.2) is 0 Å². The van der Waals surface area contributed by atoms with Gasteiger partial charge in [0, 0.05) is 30.0 Å². The van der Waals surface area contributed by atoms with E-state index >= 15 is 0 Å². The molecule has 168 valence electrons. The summed E-state index contributed by atoms with van der Waals surface area (Å²) < 4.78 is 10.9. The highest BCUT2D eigenvalue weighted by atomic mass is 79.9. The Labute approximate surface area is 194 Å². The molecule has 9 heteroatoms. The molecule has 3 amide bonds. The van der Waals surface area contributed by atoms with Gasteiger partial charge in [0.2, 0.25) is 0 Å². The van der Waals surface area contributed by atoms with E-state index in [1.165, 1.54) is 12.0 Å². The van der Waals surface area contributed by atoms with Crippen LogP contribution in [-0.2, 0) is 14.3 Å². The largest absolute Gasteiger partial charge is 0.460 e. The normalized spacial score (nSPS) is 15.9. The summed E-state index contributed by atoms with van der Waals surface area (Å²) in [5.74, 6) is -0.779. The summed E-state index contributed by atoms with van der Waals surface area (Å²) in [7, 11) is 3.11. The Hall–Kier alpha value is -3.17. The van der Waals surface area contributed by atoms with Crippen molar-refractivity contribution in [3.8, 4) is 0 Å². The molecule has 0 bridgehead atoms. The van der Waals surface area contributed by atoms with Crippen LogP contribution in [0.4, 0.5) is 10.5 Å². The summed E-state index contributed by atoms with van der Waals surface area (Å²) in [6, 6.07) is 13.1. The monoisotopic (exact) mass is 501 g/mol. The third-order valence-electron chi connectivity index (χ3n) is 5.11. The van der Waals surface area contributed by atoms with Crippen molar-refractivity contribution in [3.05, 3.63) is 75.4 Å². The van der Waals surface area contributed by atoms with Gasteiger partial charge in [-0.1, -0.05) is 24.3 Å². The number of urea groups is 1. The zero-order valence-electron chi connectivity index (χ0n) is 18.0. The van der Waals surface area contributed by atoms with Gasteiger partial charge in [0.25, 0.3) is 5.91 Å². The molecular formula is C23H24BrN3O5. The van der Waals surface area contributed by atoms with Gasteiger partial charge in [-0.2, -0.15) is 0 Å². The van der Waals surface area contributed by atoms with Gasteiger partial charge in [-0.3, -0.25) is 4.79 Å². The fourth-order valence-corrected chi connectivity index (χ4v) is 3.71. The van der Waals surface area contributed by atoms with Crippen molar-refractivity contribution in [2.45, 2.75) is 13.0 Å². The van der Waals surface area contributed by atoms with Crippen LogP contribution in [0.3, 0.4) is 0 Å². The maximum Gasteiger partial charge on any atom is 0.338 e. The van der Waals surface area contributed by atoms with E-state index in [1.54, 1.807) is 56.4 Å². The molecule has 2 aromatic carbocycles. The summed E-state index contributed by atoms with van der Waals surface area (Å²) >= 11 is 3.37. The molecule has 0 radical (unpaired) electrons. The van der Waals surface area contributed by atoms with Gasteiger partial charge < -0.3 is 25.0 Å². The van der Waals surface area contributed by atoms with Gasteiger partial charge in [-0.05, 0) is 52.7 Å². The number of carbonyl (C=O) groups excluding carboxylic acids is 3. The Balaban J connectivity index is 1.82. The van der Waals surface area contributed by atoms with E-state index in [0.29, 0.717) is 32.6 Å². The Bertz CT molecular complexity index is 1050. The van der Waals surface area contributed by atoms with Crippen LogP contribution >= 0.6 is 15.9 Å². The number of hydrogen-bond acceptors (Lipinski definition) is 5. The number of nitrogens with zero attached hydrogens (tertiary/aromatic N) is 1. The van der Waals surface area contributed by atoms with Gasteiger partial charge in [-0.25, -0.2) is 9.59 Å². The number of amides is 3. The highest BCUT2D eigenvalue weighted by Gasteiger charge is 2.35. The molecule has 1 aliphatic rings. The number of ether oxygens (including phenoxy) is 2. The van der Waals surface area contributed by atoms with E-state index in [4.69, 9.17) is 9.47 Å². The quantitative estimate of drug-likeness (QED) is 0.443. The van der Waals surface area contributed by atoms with Crippen molar-refractivity contribution >= 4 is 39.5 Å². The maximum atomic E-state index is 12.7. The van der Waals surface area contributed by atoms with Crippen LogP contribution in [0, 0.1) is 0 Å². The summed E-state index contributed by atoms with van der Waals surface area (Å²) in [5, 5.41) is 5.67. The minimum atomic E-state index is -0.679. The molecule has 0 saturated carbocycles. The summed E-state index contributed by atoms with van der Waals surface area (Å²) in [5.41, 5.74) is 2.63. The Morgan fingerprint density at radius 3 is 2.47 bits per heavy atom. The van der Waals surface area contributed by atoms with E-state index in [9.17, 15) is 14.4 Å². The van der Waals surface area contributed by atoms with Crippen molar-refractivity contribution in [2.75, 3.05) is 32.7 Å². The molecule has 32 heavy (non-hydrogen) atoms. The number of methoxy groups -OCH3 is 1. The molecule has 2 N–H and O–H groups in total. The predicted octanol–water partition coefficient (Wildman–Crippen LogP) is 3.86. The molecule has 0 fully saturated rings. The van der Waals surface area contributed by atoms with E-state index in [0.717, 1.165) is 0 Å². The van der Waals surface area contributed by atoms with E-state index in [-0.39, 0.29) is 25.2 Å². The molecule has 1 heterocycles. The van der Waals surface area contributed by atoms with Crippen LogP contribution in [0.15, 0.2) is 64.3 Å². The van der Waals surface area contributed by atoms with Gasteiger partial charge >= 0.3 is 12.0 Å². The second-order valence-corrected chi connectivity index (χ2v) is 7.98. The molecule has 8 nitrogen and oxygen atoms in total. The van der Waals surface area contributed by atoms with Crippen LogP contribution < -0.4 is 10.6 Å². The van der Waals surface area contributed by atoms with Crippen LogP contribution in [0.1, 0.15) is 28.9 Å². The molecular weight excluding hydrogens is 478 g/mol. The molecule has 0 spiro atoms. The molecule has 1 aliphatic heterocycles. The number of halogens is 1. The minimum Gasteiger partial charge on any atom is -0.460 e. The topological polar surface area (TPSA) is 97.0 Å². The van der Waals surface area contributed by atoms with Gasteiger partial charge in [-0.15, -0.1) is 0 Å². The van der Waals surface area contributed by atoms with Crippen LogP contribution in [0.2, 0.25) is 0 Å². The lowest BCUT2D eigenvalue weighted by atomic mass is 9.95. The molecule has 3 rings (SSSR count). The number of benzene rings is 2. The first kappa shape index (κ1) is 23.5. The van der Waals surface area contributed by atoms with Gasteiger partial charge in [0.1, 0.15) is 6.61 Å². The Kier molecular flexibility index (Phi) is 7.66. The van der Waals surface area contributed by atoms with Crippen molar-refractivity contribution < 1.29 is 23.9 Å². The van der Waals surface area contributed by atoms with Crippen molar-refractivity contribution in [1.29, 1.82) is 0 Å². The SMILES string of the molecule is COCCOC(=O)C1=C(C)N(C)C(=O)NC1c1ccc(NC(=O)c2ccccc2Br)cc1. The van der Waals surface area contributed by atoms with E-state index in [2.05, 4.69) is 26.6 Å². The summed E-state index contributed by atoms with van der Waals surface area (Å²) in [6.07, 6.45) is 0. The second-order valence-electron chi connectivity index (χ2n) is 7.13. The number of esters is 1. The number of rotatable bonds is 7.